The molecule has 1 aromatic heterocycles. The Balaban J connectivity index is 2.41. The lowest BCUT2D eigenvalue weighted by Crippen LogP contribution is -1.90. The van der Waals surface area contributed by atoms with Gasteiger partial charge >= 0.3 is 0 Å². The van der Waals surface area contributed by atoms with Crippen molar-refractivity contribution in [1.82, 2.24) is 4.57 Å². The average molecular weight is 172 g/mol. The first-order chi connectivity index (χ1) is 6.25. The van der Waals surface area contributed by atoms with E-state index in [9.17, 15) is 0 Å². The van der Waals surface area contributed by atoms with Crippen LogP contribution in [-0.2, 0) is 0 Å². The van der Waals surface area contributed by atoms with Gasteiger partial charge in [-0.1, -0.05) is 0 Å². The number of aromatic nitrogens is 1. The number of rotatable bonds is 1. The van der Waals surface area contributed by atoms with Crippen LogP contribution >= 0.6 is 0 Å². The Hall–Kier alpha value is -1.70. The van der Waals surface area contributed by atoms with Gasteiger partial charge in [-0.3, -0.25) is 0 Å². The molecule has 2 N–H and O–H groups in total. The molecule has 66 valence electrons. The third-order valence-electron chi connectivity index (χ3n) is 2.03. The molecular weight excluding hydrogens is 160 g/mol. The highest BCUT2D eigenvalue weighted by Gasteiger charge is 1.94. The molecule has 0 aliphatic rings. The average Bonchev–Trinajstić information content (AvgIpc) is 2.53. The molecule has 0 spiro atoms. The normalized spacial score (nSPS) is 10.2. The molecular formula is C11H12N2. The molecule has 0 saturated carbocycles. The Kier molecular flexibility index (Phi) is 1.81. The third-order valence-corrected chi connectivity index (χ3v) is 2.03. The van der Waals surface area contributed by atoms with E-state index in [0.29, 0.717) is 0 Å². The molecule has 0 atom stereocenters. The van der Waals surface area contributed by atoms with Crippen LogP contribution in [-0.4, -0.2) is 4.57 Å². The minimum atomic E-state index is 0.799. The highest BCUT2D eigenvalue weighted by molar-refractivity contribution is 5.45. The van der Waals surface area contributed by atoms with Crippen LogP contribution in [0.15, 0.2) is 42.7 Å². The molecule has 0 aliphatic heterocycles. The number of anilines is 1. The molecule has 2 heteroatoms. The molecule has 1 heterocycles. The highest BCUT2D eigenvalue weighted by Crippen LogP contribution is 2.12. The van der Waals surface area contributed by atoms with E-state index in [0.717, 1.165) is 11.4 Å². The Morgan fingerprint density at radius 1 is 1.08 bits per heavy atom. The van der Waals surface area contributed by atoms with Crippen molar-refractivity contribution in [3.63, 3.8) is 0 Å². The van der Waals surface area contributed by atoms with Crippen LogP contribution in [0.4, 0.5) is 5.69 Å². The maximum Gasteiger partial charge on any atom is 0.0450 e. The van der Waals surface area contributed by atoms with Gasteiger partial charge in [0, 0.05) is 23.8 Å². The number of hydrogen-bond donors (Lipinski definition) is 1. The molecule has 0 saturated heterocycles. The van der Waals surface area contributed by atoms with E-state index >= 15 is 0 Å². The van der Waals surface area contributed by atoms with Gasteiger partial charge in [0.25, 0.3) is 0 Å². The van der Waals surface area contributed by atoms with Crippen molar-refractivity contribution in [1.29, 1.82) is 0 Å². The second kappa shape index (κ2) is 2.98. The summed E-state index contributed by atoms with van der Waals surface area (Å²) in [5, 5.41) is 0. The summed E-state index contributed by atoms with van der Waals surface area (Å²) in [4.78, 5) is 0. The molecule has 0 bridgehead atoms. The predicted octanol–water partition coefficient (Wildman–Crippen LogP) is 2.37. The van der Waals surface area contributed by atoms with Crippen LogP contribution in [0.1, 0.15) is 5.56 Å². The van der Waals surface area contributed by atoms with E-state index < -0.39 is 0 Å². The van der Waals surface area contributed by atoms with E-state index in [1.54, 1.807) is 0 Å². The van der Waals surface area contributed by atoms with Gasteiger partial charge in [-0.15, -0.1) is 0 Å². The van der Waals surface area contributed by atoms with Crippen molar-refractivity contribution >= 4 is 5.69 Å². The number of aryl methyl sites for hydroxylation is 1. The second-order valence-corrected chi connectivity index (χ2v) is 3.19. The fourth-order valence-corrected chi connectivity index (χ4v) is 1.31. The van der Waals surface area contributed by atoms with Gasteiger partial charge in [0.1, 0.15) is 0 Å². The van der Waals surface area contributed by atoms with Crippen LogP contribution in [0, 0.1) is 6.92 Å². The molecule has 13 heavy (non-hydrogen) atoms. The standard InChI is InChI=1S/C11H12N2/c1-9-6-7-13(8-9)11-4-2-10(12)3-5-11/h2-8H,12H2,1H3. The van der Waals surface area contributed by atoms with E-state index in [2.05, 4.69) is 23.8 Å². The minimum absolute atomic E-state index is 0.799. The predicted molar refractivity (Wildman–Crippen MR) is 54.9 cm³/mol. The summed E-state index contributed by atoms with van der Waals surface area (Å²) in [6.07, 6.45) is 4.13. The van der Waals surface area contributed by atoms with Crippen molar-refractivity contribution in [3.05, 3.63) is 48.3 Å². The molecule has 2 nitrogen and oxygen atoms in total. The smallest absolute Gasteiger partial charge is 0.0450 e. The van der Waals surface area contributed by atoms with Crippen LogP contribution in [0.5, 0.6) is 0 Å². The van der Waals surface area contributed by atoms with Gasteiger partial charge in [-0.05, 0) is 42.8 Å². The highest BCUT2D eigenvalue weighted by atomic mass is 14.9. The van der Waals surface area contributed by atoms with Crippen molar-refractivity contribution in [2.75, 3.05) is 5.73 Å². The van der Waals surface area contributed by atoms with Gasteiger partial charge < -0.3 is 10.3 Å². The fraction of sp³-hybridized carbons (Fsp3) is 0.0909. The SMILES string of the molecule is Cc1ccn(-c2ccc(N)cc2)c1. The molecule has 2 rings (SSSR count). The van der Waals surface area contributed by atoms with Gasteiger partial charge in [-0.2, -0.15) is 0 Å². The zero-order valence-electron chi connectivity index (χ0n) is 7.57. The Labute approximate surface area is 77.6 Å². The van der Waals surface area contributed by atoms with Crippen LogP contribution in [0.2, 0.25) is 0 Å². The van der Waals surface area contributed by atoms with Gasteiger partial charge in [-0.25, -0.2) is 0 Å². The van der Waals surface area contributed by atoms with Crippen molar-refractivity contribution in [2.24, 2.45) is 0 Å². The van der Waals surface area contributed by atoms with Gasteiger partial charge in [0.2, 0.25) is 0 Å². The summed E-state index contributed by atoms with van der Waals surface area (Å²) in [5.41, 5.74) is 8.80. The zero-order valence-corrected chi connectivity index (χ0v) is 7.57. The lowest BCUT2D eigenvalue weighted by atomic mass is 10.3. The molecule has 1 aromatic carbocycles. The first-order valence-corrected chi connectivity index (χ1v) is 4.26. The van der Waals surface area contributed by atoms with Crippen molar-refractivity contribution in [2.45, 2.75) is 6.92 Å². The zero-order chi connectivity index (χ0) is 9.26. The Bertz CT molecular complexity index is 398. The molecule has 2 aromatic rings. The summed E-state index contributed by atoms with van der Waals surface area (Å²) in [6, 6.07) is 9.91. The topological polar surface area (TPSA) is 30.9 Å². The lowest BCUT2D eigenvalue weighted by Gasteiger charge is -2.02. The molecule has 0 fully saturated rings. The van der Waals surface area contributed by atoms with Gasteiger partial charge in [0.15, 0.2) is 0 Å². The fourth-order valence-electron chi connectivity index (χ4n) is 1.31. The van der Waals surface area contributed by atoms with Crippen molar-refractivity contribution in [3.8, 4) is 5.69 Å². The van der Waals surface area contributed by atoms with Crippen molar-refractivity contribution < 1.29 is 0 Å². The number of nitrogens with zero attached hydrogens (tertiary/aromatic N) is 1. The number of benzene rings is 1. The quantitative estimate of drug-likeness (QED) is 0.658. The molecule has 0 unspecified atom stereocenters. The summed E-state index contributed by atoms with van der Waals surface area (Å²) >= 11 is 0. The van der Waals surface area contributed by atoms with Crippen LogP contribution in [0.25, 0.3) is 5.69 Å². The van der Waals surface area contributed by atoms with E-state index in [1.807, 2.05) is 30.5 Å². The largest absolute Gasteiger partial charge is 0.399 e. The summed E-state index contributed by atoms with van der Waals surface area (Å²) in [7, 11) is 0. The first kappa shape index (κ1) is 7.92. The van der Waals surface area contributed by atoms with Crippen LogP contribution < -0.4 is 5.73 Å². The molecule has 0 aliphatic carbocycles. The number of nitrogen functional groups attached to an aromatic ring is 1. The van der Waals surface area contributed by atoms with E-state index in [1.165, 1.54) is 5.56 Å². The van der Waals surface area contributed by atoms with Gasteiger partial charge in [0.05, 0.1) is 0 Å². The Morgan fingerprint density at radius 3 is 2.31 bits per heavy atom. The maximum absolute atomic E-state index is 5.60. The third kappa shape index (κ3) is 1.56. The molecule has 0 amide bonds. The summed E-state index contributed by atoms with van der Waals surface area (Å²) < 4.78 is 2.08. The number of nitrogens with two attached hydrogens (primary N) is 1. The molecule has 0 radical (unpaired) electrons. The monoisotopic (exact) mass is 172 g/mol. The summed E-state index contributed by atoms with van der Waals surface area (Å²) in [5.74, 6) is 0. The minimum Gasteiger partial charge on any atom is -0.399 e. The van der Waals surface area contributed by atoms with Crippen LogP contribution in [0.3, 0.4) is 0 Å². The first-order valence-electron chi connectivity index (χ1n) is 4.26. The van der Waals surface area contributed by atoms with E-state index in [-0.39, 0.29) is 0 Å². The second-order valence-electron chi connectivity index (χ2n) is 3.19. The summed E-state index contributed by atoms with van der Waals surface area (Å²) in [6.45, 7) is 2.08. The number of hydrogen-bond acceptors (Lipinski definition) is 1. The Morgan fingerprint density at radius 2 is 1.77 bits per heavy atom. The lowest BCUT2D eigenvalue weighted by molar-refractivity contribution is 1.08. The van der Waals surface area contributed by atoms with E-state index in [4.69, 9.17) is 5.73 Å². The maximum atomic E-state index is 5.60.